The van der Waals surface area contributed by atoms with Crippen LogP contribution in [0.5, 0.6) is 5.88 Å². The fourth-order valence-electron chi connectivity index (χ4n) is 6.30. The number of pyridine rings is 2. The molecular formula is C37H38ClFN6O3. The number of hydrogen-bond acceptors (Lipinski definition) is 7. The van der Waals surface area contributed by atoms with Crippen LogP contribution in [0.4, 0.5) is 10.1 Å². The highest BCUT2D eigenvalue weighted by atomic mass is 35.5. The van der Waals surface area contributed by atoms with Crippen LogP contribution in [0.2, 0.25) is 5.02 Å². The number of rotatable bonds is 11. The summed E-state index contributed by atoms with van der Waals surface area (Å²) in [5.74, 6) is 1.19. The zero-order chi connectivity index (χ0) is 33.0. The molecule has 2 saturated heterocycles. The molecule has 0 unspecified atom stereocenters. The summed E-state index contributed by atoms with van der Waals surface area (Å²) in [6.45, 7) is 6.19. The van der Waals surface area contributed by atoms with Gasteiger partial charge in [-0.3, -0.25) is 14.7 Å². The molecular weight excluding hydrogens is 631 g/mol. The van der Waals surface area contributed by atoms with Crippen LogP contribution in [0.3, 0.4) is 0 Å². The summed E-state index contributed by atoms with van der Waals surface area (Å²) in [5, 5.41) is 3.36. The van der Waals surface area contributed by atoms with Crippen molar-refractivity contribution < 1.29 is 18.7 Å². The van der Waals surface area contributed by atoms with Crippen molar-refractivity contribution in [3.8, 4) is 5.88 Å². The number of carbonyl (C=O) groups is 1. The third-order valence-electron chi connectivity index (χ3n) is 9.22. The van der Waals surface area contributed by atoms with Crippen molar-refractivity contribution in [3.05, 3.63) is 112 Å². The number of aryl methyl sites for hydroxylation is 1. The van der Waals surface area contributed by atoms with E-state index in [1.54, 1.807) is 30.5 Å². The van der Waals surface area contributed by atoms with Gasteiger partial charge >= 0.3 is 0 Å². The summed E-state index contributed by atoms with van der Waals surface area (Å²) in [6.07, 6.45) is 5.57. The number of halogens is 2. The van der Waals surface area contributed by atoms with Crippen LogP contribution in [0.15, 0.2) is 72.9 Å². The van der Waals surface area contributed by atoms with Crippen LogP contribution >= 0.6 is 11.6 Å². The largest absolute Gasteiger partial charge is 0.473 e. The maximum atomic E-state index is 14.2. The molecule has 9 nitrogen and oxygen atoms in total. The van der Waals surface area contributed by atoms with Gasteiger partial charge in [0.05, 0.1) is 35.8 Å². The van der Waals surface area contributed by atoms with Gasteiger partial charge < -0.3 is 19.4 Å². The molecule has 5 heterocycles. The van der Waals surface area contributed by atoms with Gasteiger partial charge in [-0.1, -0.05) is 30.7 Å². The highest BCUT2D eigenvalue weighted by molar-refractivity contribution is 6.30. The normalized spacial score (nSPS) is 16.9. The number of fused-ring (bicyclic) bond motifs is 1. The highest BCUT2D eigenvalue weighted by Crippen LogP contribution is 2.30. The summed E-state index contributed by atoms with van der Waals surface area (Å²) in [4.78, 5) is 29.5. The first kappa shape index (κ1) is 32.2. The minimum atomic E-state index is -0.391. The van der Waals surface area contributed by atoms with Gasteiger partial charge in [-0.25, -0.2) is 14.4 Å². The molecule has 0 saturated carbocycles. The summed E-state index contributed by atoms with van der Waals surface area (Å²) in [5.41, 5.74) is 5.47. The lowest BCUT2D eigenvalue weighted by Gasteiger charge is -2.32. The zero-order valence-corrected chi connectivity index (χ0v) is 27.6. The van der Waals surface area contributed by atoms with Crippen LogP contribution in [0.25, 0.3) is 11.0 Å². The highest BCUT2D eigenvalue weighted by Gasteiger charge is 2.26. The fraction of sp³-hybridized carbons (Fsp3) is 0.351. The smallest absolute Gasteiger partial charge is 0.257 e. The maximum absolute atomic E-state index is 14.2. The predicted octanol–water partition coefficient (Wildman–Crippen LogP) is 7.18. The summed E-state index contributed by atoms with van der Waals surface area (Å²) in [7, 11) is 0. The van der Waals surface area contributed by atoms with Gasteiger partial charge in [-0.05, 0) is 87.3 Å². The molecule has 1 atom stereocenters. The first-order valence-corrected chi connectivity index (χ1v) is 16.9. The molecule has 3 aromatic heterocycles. The van der Waals surface area contributed by atoms with Crippen LogP contribution in [0.1, 0.15) is 65.2 Å². The Kier molecular flexibility index (Phi) is 9.65. The average Bonchev–Trinajstić information content (AvgIpc) is 3.42. The Labute approximate surface area is 284 Å². The number of hydrogen-bond donors (Lipinski definition) is 1. The Morgan fingerprint density at radius 2 is 1.92 bits per heavy atom. The number of imidazole rings is 1. The molecule has 2 aromatic carbocycles. The van der Waals surface area contributed by atoms with Gasteiger partial charge in [0.25, 0.3) is 5.91 Å². The third kappa shape index (κ3) is 7.36. The van der Waals surface area contributed by atoms with Gasteiger partial charge in [0.15, 0.2) is 0 Å². The Hall–Kier alpha value is -4.38. The molecule has 1 N–H and O–H groups in total. The Morgan fingerprint density at radius 3 is 2.65 bits per heavy atom. The number of piperidine rings is 1. The van der Waals surface area contributed by atoms with Crippen molar-refractivity contribution in [1.82, 2.24) is 24.4 Å². The molecule has 0 aliphatic carbocycles. The van der Waals surface area contributed by atoms with Crippen LogP contribution in [-0.4, -0.2) is 56.1 Å². The molecule has 5 aromatic rings. The summed E-state index contributed by atoms with van der Waals surface area (Å²) < 4.78 is 28.1. The molecule has 2 aliphatic heterocycles. The van der Waals surface area contributed by atoms with Gasteiger partial charge in [-0.2, -0.15) is 0 Å². The molecule has 2 aliphatic rings. The molecule has 248 valence electrons. The molecule has 0 spiro atoms. The quantitative estimate of drug-likeness (QED) is 0.159. The molecule has 48 heavy (non-hydrogen) atoms. The van der Waals surface area contributed by atoms with Gasteiger partial charge in [0, 0.05) is 52.4 Å². The van der Waals surface area contributed by atoms with Crippen molar-refractivity contribution in [1.29, 1.82) is 0 Å². The summed E-state index contributed by atoms with van der Waals surface area (Å²) >= 11 is 5.88. The van der Waals surface area contributed by atoms with E-state index in [2.05, 4.69) is 19.8 Å². The lowest BCUT2D eigenvalue weighted by molar-refractivity contribution is -0.0592. The van der Waals surface area contributed by atoms with E-state index < -0.39 is 5.82 Å². The van der Waals surface area contributed by atoms with Crippen molar-refractivity contribution in [2.24, 2.45) is 0 Å². The number of nitrogens with one attached hydrogen (secondary N) is 1. The topological polar surface area (TPSA) is 94.4 Å². The molecule has 1 amide bonds. The Balaban J connectivity index is 1.01. The number of aromatic nitrogens is 4. The van der Waals surface area contributed by atoms with E-state index in [-0.39, 0.29) is 18.6 Å². The van der Waals surface area contributed by atoms with E-state index in [1.165, 1.54) is 6.07 Å². The first-order valence-electron chi connectivity index (χ1n) is 16.5. The second-order valence-corrected chi connectivity index (χ2v) is 12.9. The van der Waals surface area contributed by atoms with E-state index in [9.17, 15) is 9.18 Å². The number of ether oxygens (including phenoxy) is 2. The standard InChI is InChI=1S/C37H38ClFN6O3/c1-2-28-9-7-25(20-40-28)37(46)41-29-10-11-34-33(19-29)42-35(45(34)21-30-14-17-47-30)22-44-15-12-24(13-16-44)32-4-3-5-36(43-32)48-23-26-6-8-27(38)18-31(26)39/h3-11,18-20,24,30H,2,12-17,21-23H2,1H3,(H,41,46)/t30-/m0/s1. The van der Waals surface area contributed by atoms with Gasteiger partial charge in [0.1, 0.15) is 18.2 Å². The third-order valence-corrected chi connectivity index (χ3v) is 9.46. The Bertz CT molecular complexity index is 1900. The lowest BCUT2D eigenvalue weighted by atomic mass is 9.93. The van der Waals surface area contributed by atoms with E-state index in [0.29, 0.717) is 40.2 Å². The SMILES string of the molecule is CCc1ccc(C(=O)Nc2ccc3c(c2)nc(CN2CCC(c4cccc(OCc5ccc(Cl)cc5F)n4)CC2)n3C[C@@H]2CCO2)cn1. The van der Waals surface area contributed by atoms with Crippen LogP contribution in [-0.2, 0) is 30.9 Å². The maximum Gasteiger partial charge on any atom is 0.257 e. The van der Waals surface area contributed by atoms with E-state index >= 15 is 0 Å². The number of benzene rings is 2. The summed E-state index contributed by atoms with van der Waals surface area (Å²) in [6, 6.07) is 20.0. The van der Waals surface area contributed by atoms with Crippen molar-refractivity contribution in [2.75, 3.05) is 25.0 Å². The molecule has 0 radical (unpaired) electrons. The number of nitrogens with zero attached hydrogens (tertiary/aromatic N) is 5. The van der Waals surface area contributed by atoms with E-state index in [0.717, 1.165) is 80.2 Å². The van der Waals surface area contributed by atoms with Crippen LogP contribution in [0, 0.1) is 5.82 Å². The van der Waals surface area contributed by atoms with Crippen molar-refractivity contribution in [2.45, 2.75) is 64.3 Å². The van der Waals surface area contributed by atoms with Crippen LogP contribution < -0.4 is 10.1 Å². The minimum absolute atomic E-state index is 0.0863. The van der Waals surface area contributed by atoms with Gasteiger partial charge in [-0.15, -0.1) is 0 Å². The molecule has 11 heteroatoms. The molecule has 2 fully saturated rings. The average molecular weight is 669 g/mol. The second kappa shape index (κ2) is 14.4. The van der Waals surface area contributed by atoms with Gasteiger partial charge in [0.2, 0.25) is 5.88 Å². The Morgan fingerprint density at radius 1 is 1.06 bits per heavy atom. The number of likely N-dealkylation sites (tertiary alicyclic amines) is 1. The first-order chi connectivity index (χ1) is 23.4. The lowest BCUT2D eigenvalue weighted by Crippen LogP contribution is -2.35. The van der Waals surface area contributed by atoms with Crippen molar-refractivity contribution in [3.63, 3.8) is 0 Å². The van der Waals surface area contributed by atoms with Crippen molar-refractivity contribution >= 4 is 34.2 Å². The fourth-order valence-corrected chi connectivity index (χ4v) is 6.46. The van der Waals surface area contributed by atoms with E-state index in [4.69, 9.17) is 31.0 Å². The second-order valence-electron chi connectivity index (χ2n) is 12.4. The predicted molar refractivity (Wildman–Crippen MR) is 183 cm³/mol. The number of amides is 1. The minimum Gasteiger partial charge on any atom is -0.473 e. The zero-order valence-electron chi connectivity index (χ0n) is 26.9. The molecule has 7 rings (SSSR count). The van der Waals surface area contributed by atoms with E-state index in [1.807, 2.05) is 43.3 Å². The molecule has 0 bridgehead atoms. The monoisotopic (exact) mass is 668 g/mol. The number of anilines is 1. The number of carbonyl (C=O) groups excluding carboxylic acids is 1.